The monoisotopic (exact) mass is 407 g/mol. The summed E-state index contributed by atoms with van der Waals surface area (Å²) in [4.78, 5) is 5.33. The van der Waals surface area contributed by atoms with Crippen LogP contribution in [-0.4, -0.2) is 52.0 Å². The van der Waals surface area contributed by atoms with Crippen LogP contribution in [0.1, 0.15) is 38.2 Å². The van der Waals surface area contributed by atoms with Gasteiger partial charge >= 0.3 is 0 Å². The third-order valence-corrected chi connectivity index (χ3v) is 5.77. The van der Waals surface area contributed by atoms with E-state index in [9.17, 15) is 10.2 Å². The molecule has 0 atom stereocenters. The highest BCUT2D eigenvalue weighted by Gasteiger charge is 2.16. The van der Waals surface area contributed by atoms with Crippen LogP contribution >= 0.6 is 0 Å². The highest BCUT2D eigenvalue weighted by molar-refractivity contribution is 6.11. The van der Waals surface area contributed by atoms with Crippen molar-refractivity contribution in [2.75, 3.05) is 26.2 Å². The molecule has 2 heterocycles. The summed E-state index contributed by atoms with van der Waals surface area (Å²) in [6.45, 7) is 5.83. The largest absolute Gasteiger partial charge is 0.507 e. The number of piperidine rings is 1. The van der Waals surface area contributed by atoms with Crippen molar-refractivity contribution in [1.29, 1.82) is 5.41 Å². The summed E-state index contributed by atoms with van der Waals surface area (Å²) in [5.41, 5.74) is 2.83. The highest BCUT2D eigenvalue weighted by Crippen LogP contribution is 2.37. The van der Waals surface area contributed by atoms with E-state index in [0.29, 0.717) is 28.6 Å². The number of fused-ring (bicyclic) bond motifs is 1. The second-order valence-corrected chi connectivity index (χ2v) is 8.02. The Balaban J connectivity index is 1.44. The van der Waals surface area contributed by atoms with Crippen molar-refractivity contribution in [3.05, 3.63) is 42.0 Å². The van der Waals surface area contributed by atoms with E-state index in [1.165, 1.54) is 32.4 Å². The lowest BCUT2D eigenvalue weighted by Gasteiger charge is -2.26. The van der Waals surface area contributed by atoms with E-state index in [-0.39, 0.29) is 17.3 Å². The summed E-state index contributed by atoms with van der Waals surface area (Å²) in [6, 6.07) is 11.1. The second kappa shape index (κ2) is 8.79. The molecule has 0 bridgehead atoms. The van der Waals surface area contributed by atoms with Crippen molar-refractivity contribution in [1.82, 2.24) is 9.88 Å². The Morgan fingerprint density at radius 3 is 2.53 bits per heavy atom. The quantitative estimate of drug-likeness (QED) is 0.331. The Labute approximate surface area is 176 Å². The van der Waals surface area contributed by atoms with Crippen molar-refractivity contribution in [2.24, 2.45) is 0 Å². The minimum absolute atomic E-state index is 0.0534. The maximum atomic E-state index is 10.5. The fourth-order valence-corrected chi connectivity index (χ4v) is 4.22. The van der Waals surface area contributed by atoms with Gasteiger partial charge in [-0.15, -0.1) is 0 Å². The zero-order chi connectivity index (χ0) is 21.1. The summed E-state index contributed by atoms with van der Waals surface area (Å²) < 4.78 is 5.89. The van der Waals surface area contributed by atoms with Gasteiger partial charge in [-0.25, -0.2) is 0 Å². The highest BCUT2D eigenvalue weighted by atomic mass is 16.5. The zero-order valence-electron chi connectivity index (χ0n) is 17.4. The molecule has 0 aliphatic carbocycles. The van der Waals surface area contributed by atoms with Crippen molar-refractivity contribution in [2.45, 2.75) is 32.6 Å². The molecule has 0 unspecified atom stereocenters. The topological polar surface area (TPSA) is 92.6 Å². The first-order valence-corrected chi connectivity index (χ1v) is 10.6. The Morgan fingerprint density at radius 2 is 1.83 bits per heavy atom. The third kappa shape index (κ3) is 4.28. The van der Waals surface area contributed by atoms with Crippen LogP contribution in [0, 0.1) is 5.41 Å². The molecule has 2 aromatic carbocycles. The van der Waals surface area contributed by atoms with Gasteiger partial charge in [-0.3, -0.25) is 0 Å². The lowest BCUT2D eigenvalue weighted by Crippen LogP contribution is -2.31. The Kier molecular flexibility index (Phi) is 5.95. The number of nitrogens with one attached hydrogen (secondary N) is 2. The number of ether oxygens (including phenoxy) is 1. The molecule has 0 radical (unpaired) electrons. The Hall–Kier alpha value is -2.99. The number of phenols is 1. The first-order valence-electron chi connectivity index (χ1n) is 10.6. The number of H-pyrrole nitrogens is 1. The third-order valence-electron chi connectivity index (χ3n) is 5.77. The van der Waals surface area contributed by atoms with Crippen LogP contribution in [0.5, 0.6) is 17.4 Å². The molecule has 4 N–H and O–H groups in total. The predicted octanol–water partition coefficient (Wildman–Crippen LogP) is 4.89. The van der Waals surface area contributed by atoms with E-state index in [0.717, 1.165) is 24.3 Å². The van der Waals surface area contributed by atoms with E-state index < -0.39 is 0 Å². The van der Waals surface area contributed by atoms with Crippen molar-refractivity contribution < 1.29 is 14.9 Å². The molecule has 3 aromatic rings. The molecule has 1 aliphatic heterocycles. The number of aromatic amines is 1. The Morgan fingerprint density at radius 1 is 1.10 bits per heavy atom. The van der Waals surface area contributed by atoms with Crippen LogP contribution in [0.25, 0.3) is 22.0 Å². The van der Waals surface area contributed by atoms with E-state index in [1.807, 2.05) is 30.3 Å². The molecule has 4 rings (SSSR count). The van der Waals surface area contributed by atoms with E-state index >= 15 is 0 Å². The molecular formula is C24H29N3O3. The van der Waals surface area contributed by atoms with Gasteiger partial charge in [-0.2, -0.15) is 0 Å². The van der Waals surface area contributed by atoms with Crippen LogP contribution < -0.4 is 4.74 Å². The van der Waals surface area contributed by atoms with Crippen molar-refractivity contribution in [3.63, 3.8) is 0 Å². The van der Waals surface area contributed by atoms with Gasteiger partial charge < -0.3 is 30.2 Å². The normalized spacial score (nSPS) is 14.8. The van der Waals surface area contributed by atoms with E-state index in [1.54, 1.807) is 13.0 Å². The smallest absolute Gasteiger partial charge is 0.198 e. The first-order chi connectivity index (χ1) is 14.5. The number of aromatic nitrogens is 1. The van der Waals surface area contributed by atoms with Crippen LogP contribution in [0.3, 0.4) is 0 Å². The standard InChI is InChI=1S/C24H29N3O3/c1-16(25)23-20-14-19(22(28)15-21(20)26-24(23)29)17-6-8-18(9-7-17)30-13-5-12-27-10-3-2-4-11-27/h6-9,14-15,25-26,28-29H,2-5,10-13H2,1H3. The molecule has 6 nitrogen and oxygen atoms in total. The minimum atomic E-state index is -0.0534. The lowest BCUT2D eigenvalue weighted by atomic mass is 10.00. The summed E-state index contributed by atoms with van der Waals surface area (Å²) in [5, 5.41) is 29.2. The van der Waals surface area contributed by atoms with Gasteiger partial charge in [0, 0.05) is 29.3 Å². The SMILES string of the molecule is CC(=N)c1c(O)[nH]c2cc(O)c(-c3ccc(OCCCN4CCCCC4)cc3)cc12. The van der Waals surface area contributed by atoms with E-state index in [4.69, 9.17) is 10.1 Å². The molecule has 0 spiro atoms. The van der Waals surface area contributed by atoms with E-state index in [2.05, 4.69) is 9.88 Å². The number of phenolic OH excluding ortho intramolecular Hbond substituents is 1. The average molecular weight is 408 g/mol. The van der Waals surface area contributed by atoms with Gasteiger partial charge in [0.15, 0.2) is 5.88 Å². The molecule has 30 heavy (non-hydrogen) atoms. The maximum Gasteiger partial charge on any atom is 0.198 e. The van der Waals surface area contributed by atoms with Gasteiger partial charge in [0.25, 0.3) is 0 Å². The number of nitrogens with zero attached hydrogens (tertiary/aromatic N) is 1. The molecule has 158 valence electrons. The fraction of sp³-hybridized carbons (Fsp3) is 0.375. The van der Waals surface area contributed by atoms with Crippen LogP contribution in [0.4, 0.5) is 0 Å². The number of hydrogen-bond acceptors (Lipinski definition) is 5. The van der Waals surface area contributed by atoms with Crippen LogP contribution in [0.15, 0.2) is 36.4 Å². The summed E-state index contributed by atoms with van der Waals surface area (Å²) in [7, 11) is 0. The number of rotatable bonds is 7. The molecule has 0 amide bonds. The number of benzene rings is 2. The summed E-state index contributed by atoms with van der Waals surface area (Å²) in [5.74, 6) is 0.878. The number of likely N-dealkylation sites (tertiary alicyclic amines) is 1. The van der Waals surface area contributed by atoms with Gasteiger partial charge in [0.05, 0.1) is 17.7 Å². The fourth-order valence-electron chi connectivity index (χ4n) is 4.22. The summed E-state index contributed by atoms with van der Waals surface area (Å²) in [6.07, 6.45) is 4.99. The maximum absolute atomic E-state index is 10.5. The average Bonchev–Trinajstić information content (AvgIpc) is 3.06. The van der Waals surface area contributed by atoms with Gasteiger partial charge in [0.2, 0.25) is 0 Å². The Bertz CT molecular complexity index is 1030. The molecule has 1 fully saturated rings. The predicted molar refractivity (Wildman–Crippen MR) is 120 cm³/mol. The van der Waals surface area contributed by atoms with Crippen molar-refractivity contribution in [3.8, 4) is 28.5 Å². The van der Waals surface area contributed by atoms with Crippen LogP contribution in [0.2, 0.25) is 0 Å². The van der Waals surface area contributed by atoms with Crippen LogP contribution in [-0.2, 0) is 0 Å². The molecular weight excluding hydrogens is 378 g/mol. The zero-order valence-corrected chi connectivity index (χ0v) is 17.4. The van der Waals surface area contributed by atoms with Gasteiger partial charge in [0.1, 0.15) is 11.5 Å². The minimum Gasteiger partial charge on any atom is -0.507 e. The molecule has 0 saturated carbocycles. The molecule has 1 aromatic heterocycles. The van der Waals surface area contributed by atoms with Crippen molar-refractivity contribution >= 4 is 16.6 Å². The van der Waals surface area contributed by atoms with Gasteiger partial charge in [-0.05, 0) is 63.0 Å². The number of hydrogen-bond donors (Lipinski definition) is 4. The molecule has 6 heteroatoms. The second-order valence-electron chi connectivity index (χ2n) is 8.02. The molecule has 1 aliphatic rings. The molecule has 1 saturated heterocycles. The summed E-state index contributed by atoms with van der Waals surface area (Å²) >= 11 is 0. The van der Waals surface area contributed by atoms with Gasteiger partial charge in [-0.1, -0.05) is 18.6 Å². The number of aromatic hydroxyl groups is 2. The lowest BCUT2D eigenvalue weighted by molar-refractivity contribution is 0.205. The first kappa shape index (κ1) is 20.3.